The number of halogens is 2. The molecule has 0 aliphatic rings. The third-order valence-corrected chi connectivity index (χ3v) is 2.36. The van der Waals surface area contributed by atoms with E-state index >= 15 is 0 Å². The zero-order chi connectivity index (χ0) is 9.14. The Kier molecular flexibility index (Phi) is 2.97. The largest absolute Gasteiger partial charge is 0.309 e. The van der Waals surface area contributed by atoms with E-state index in [2.05, 4.69) is 4.85 Å². The number of nitrogens with zero attached hydrogens (tertiary/aromatic N) is 1. The quantitative estimate of drug-likeness (QED) is 0.604. The molecule has 62 valence electrons. The highest BCUT2D eigenvalue weighted by atomic mass is 35.5. The monoisotopic (exact) mass is 199 g/mol. The Hall–Kier alpha value is -0.710. The van der Waals surface area contributed by atoms with Crippen molar-refractivity contribution in [2.24, 2.45) is 0 Å². The zero-order valence-electron chi connectivity index (χ0n) is 6.51. The van der Waals surface area contributed by atoms with E-state index in [9.17, 15) is 0 Å². The third kappa shape index (κ3) is 1.91. The summed E-state index contributed by atoms with van der Waals surface area (Å²) in [6, 6.07) is 5.10. The summed E-state index contributed by atoms with van der Waals surface area (Å²) < 4.78 is 0. The summed E-state index contributed by atoms with van der Waals surface area (Å²) in [5.74, 6) is 0. The van der Waals surface area contributed by atoms with Crippen LogP contribution in [0.1, 0.15) is 18.5 Å². The molecule has 0 amide bonds. The standard InChI is InChI=1S/C9H7Cl2N/c1-6(12-2)7-3-4-8(10)9(11)5-7/h3-6H,1H3. The lowest BCUT2D eigenvalue weighted by atomic mass is 10.1. The molecule has 12 heavy (non-hydrogen) atoms. The van der Waals surface area contributed by atoms with Crippen LogP contribution in [0.15, 0.2) is 18.2 Å². The summed E-state index contributed by atoms with van der Waals surface area (Å²) >= 11 is 11.5. The fourth-order valence-electron chi connectivity index (χ4n) is 0.847. The van der Waals surface area contributed by atoms with Gasteiger partial charge in [-0.3, -0.25) is 0 Å². The number of hydrogen-bond acceptors (Lipinski definition) is 0. The molecule has 1 rings (SSSR count). The van der Waals surface area contributed by atoms with Crippen LogP contribution in [-0.4, -0.2) is 0 Å². The van der Waals surface area contributed by atoms with Crippen LogP contribution in [-0.2, 0) is 0 Å². The third-order valence-electron chi connectivity index (χ3n) is 1.62. The lowest BCUT2D eigenvalue weighted by molar-refractivity contribution is 0.962. The Labute approximate surface area is 81.7 Å². The smallest absolute Gasteiger partial charge is 0.246 e. The van der Waals surface area contributed by atoms with Crippen LogP contribution in [0.3, 0.4) is 0 Å². The van der Waals surface area contributed by atoms with Gasteiger partial charge in [0.15, 0.2) is 0 Å². The number of benzene rings is 1. The molecule has 1 atom stereocenters. The van der Waals surface area contributed by atoms with Crippen molar-refractivity contribution in [2.75, 3.05) is 0 Å². The molecular weight excluding hydrogens is 193 g/mol. The molecule has 1 nitrogen and oxygen atoms in total. The highest BCUT2D eigenvalue weighted by molar-refractivity contribution is 6.42. The molecule has 0 aliphatic heterocycles. The maximum Gasteiger partial charge on any atom is 0.246 e. The molecule has 1 aromatic rings. The van der Waals surface area contributed by atoms with Gasteiger partial charge in [0.25, 0.3) is 0 Å². The highest BCUT2D eigenvalue weighted by Crippen LogP contribution is 2.26. The molecule has 0 heterocycles. The van der Waals surface area contributed by atoms with Gasteiger partial charge in [0, 0.05) is 12.5 Å². The summed E-state index contributed by atoms with van der Waals surface area (Å²) in [6.45, 7) is 8.65. The van der Waals surface area contributed by atoms with Crippen molar-refractivity contribution in [1.29, 1.82) is 0 Å². The van der Waals surface area contributed by atoms with E-state index in [0.717, 1.165) is 5.56 Å². The molecule has 0 saturated carbocycles. The minimum absolute atomic E-state index is 0.153. The maximum absolute atomic E-state index is 6.82. The first-order chi connectivity index (χ1) is 5.65. The van der Waals surface area contributed by atoms with Crippen molar-refractivity contribution in [3.05, 3.63) is 45.2 Å². The fourth-order valence-corrected chi connectivity index (χ4v) is 1.15. The lowest BCUT2D eigenvalue weighted by Gasteiger charge is -2.00. The van der Waals surface area contributed by atoms with E-state index < -0.39 is 0 Å². The molecule has 0 spiro atoms. The molecule has 0 N–H and O–H groups in total. The van der Waals surface area contributed by atoms with Crippen LogP contribution in [0.4, 0.5) is 0 Å². The van der Waals surface area contributed by atoms with E-state index in [1.54, 1.807) is 12.1 Å². The van der Waals surface area contributed by atoms with Gasteiger partial charge in [0.2, 0.25) is 6.04 Å². The van der Waals surface area contributed by atoms with Gasteiger partial charge in [-0.2, -0.15) is 0 Å². The summed E-state index contributed by atoms with van der Waals surface area (Å²) in [6.07, 6.45) is 0. The highest BCUT2D eigenvalue weighted by Gasteiger charge is 2.09. The predicted octanol–water partition coefficient (Wildman–Crippen LogP) is 3.97. The molecule has 0 aromatic heterocycles. The van der Waals surface area contributed by atoms with E-state index in [1.807, 2.05) is 13.0 Å². The van der Waals surface area contributed by atoms with Crippen molar-refractivity contribution >= 4 is 23.2 Å². The second-order valence-corrected chi connectivity index (χ2v) is 3.29. The van der Waals surface area contributed by atoms with Gasteiger partial charge in [0.1, 0.15) is 0 Å². The summed E-state index contributed by atoms with van der Waals surface area (Å²) in [4.78, 5) is 3.38. The second kappa shape index (κ2) is 3.80. The Balaban J connectivity index is 3.06. The van der Waals surface area contributed by atoms with E-state index in [-0.39, 0.29) is 6.04 Å². The molecule has 1 unspecified atom stereocenters. The zero-order valence-corrected chi connectivity index (χ0v) is 8.02. The van der Waals surface area contributed by atoms with Gasteiger partial charge in [-0.15, -0.1) is 0 Å². The van der Waals surface area contributed by atoms with Crippen molar-refractivity contribution < 1.29 is 0 Å². The molecule has 0 saturated heterocycles. The molecule has 0 aliphatic carbocycles. The van der Waals surface area contributed by atoms with Crippen molar-refractivity contribution in [2.45, 2.75) is 13.0 Å². The first-order valence-electron chi connectivity index (χ1n) is 3.46. The maximum atomic E-state index is 6.82. The molecule has 0 radical (unpaired) electrons. The Bertz CT molecular complexity index is 328. The second-order valence-electron chi connectivity index (χ2n) is 2.48. The van der Waals surface area contributed by atoms with Gasteiger partial charge >= 0.3 is 0 Å². The van der Waals surface area contributed by atoms with Gasteiger partial charge in [-0.25, -0.2) is 6.57 Å². The van der Waals surface area contributed by atoms with E-state index in [0.29, 0.717) is 10.0 Å². The summed E-state index contributed by atoms with van der Waals surface area (Å²) in [5.41, 5.74) is 0.902. The Morgan fingerprint density at radius 3 is 2.50 bits per heavy atom. The van der Waals surface area contributed by atoms with Crippen molar-refractivity contribution in [1.82, 2.24) is 0 Å². The fraction of sp³-hybridized carbons (Fsp3) is 0.222. The van der Waals surface area contributed by atoms with Crippen LogP contribution >= 0.6 is 23.2 Å². The van der Waals surface area contributed by atoms with Gasteiger partial charge in [-0.05, 0) is 18.2 Å². The predicted molar refractivity (Wildman–Crippen MR) is 51.5 cm³/mol. The van der Waals surface area contributed by atoms with E-state index in [1.165, 1.54) is 0 Å². The number of rotatable bonds is 1. The molecule has 3 heteroatoms. The van der Waals surface area contributed by atoms with Crippen molar-refractivity contribution in [3.63, 3.8) is 0 Å². The van der Waals surface area contributed by atoms with Crippen LogP contribution in [0.5, 0.6) is 0 Å². The van der Waals surface area contributed by atoms with Gasteiger partial charge in [-0.1, -0.05) is 23.2 Å². The minimum Gasteiger partial charge on any atom is -0.309 e. The first-order valence-corrected chi connectivity index (χ1v) is 4.22. The van der Waals surface area contributed by atoms with Crippen LogP contribution in [0, 0.1) is 6.57 Å². The average molecular weight is 200 g/mol. The normalized spacial score (nSPS) is 12.2. The van der Waals surface area contributed by atoms with Crippen LogP contribution in [0.25, 0.3) is 4.85 Å². The topological polar surface area (TPSA) is 4.36 Å². The Morgan fingerprint density at radius 1 is 1.33 bits per heavy atom. The summed E-state index contributed by atoms with van der Waals surface area (Å²) in [7, 11) is 0. The van der Waals surface area contributed by atoms with E-state index in [4.69, 9.17) is 29.8 Å². The first kappa shape index (κ1) is 9.38. The van der Waals surface area contributed by atoms with Crippen molar-refractivity contribution in [3.8, 4) is 0 Å². The van der Waals surface area contributed by atoms with Crippen LogP contribution in [0.2, 0.25) is 10.0 Å². The Morgan fingerprint density at radius 2 is 2.00 bits per heavy atom. The molecule has 0 bridgehead atoms. The molecule has 0 fully saturated rings. The van der Waals surface area contributed by atoms with Gasteiger partial charge in [0.05, 0.1) is 10.0 Å². The summed E-state index contributed by atoms with van der Waals surface area (Å²) in [5, 5.41) is 1.03. The number of hydrogen-bond donors (Lipinski definition) is 0. The van der Waals surface area contributed by atoms with Gasteiger partial charge < -0.3 is 4.85 Å². The average Bonchev–Trinajstić information content (AvgIpc) is 2.08. The molecule has 1 aromatic carbocycles. The minimum atomic E-state index is -0.153. The molecular formula is C9H7Cl2N. The SMILES string of the molecule is [C-]#[N+]C(C)c1ccc(Cl)c(Cl)c1. The van der Waals surface area contributed by atoms with Crippen LogP contribution < -0.4 is 0 Å². The lowest BCUT2D eigenvalue weighted by Crippen LogP contribution is -1.86.